The second-order valence-electron chi connectivity index (χ2n) is 12.0. The lowest BCUT2D eigenvalue weighted by Crippen LogP contribution is -2.52. The number of rotatable bonds is 6. The molecule has 1 N–H and O–H groups in total. The van der Waals surface area contributed by atoms with E-state index in [1.54, 1.807) is 12.4 Å². The van der Waals surface area contributed by atoms with Crippen molar-refractivity contribution in [2.75, 3.05) is 38.3 Å². The van der Waals surface area contributed by atoms with Gasteiger partial charge in [0.2, 0.25) is 5.91 Å². The molecule has 1 amide bonds. The molecule has 0 aliphatic carbocycles. The van der Waals surface area contributed by atoms with Crippen molar-refractivity contribution in [1.82, 2.24) is 15.2 Å². The van der Waals surface area contributed by atoms with E-state index in [0.29, 0.717) is 26.4 Å². The molecular weight excluding hydrogens is 506 g/mol. The van der Waals surface area contributed by atoms with Gasteiger partial charge in [0.05, 0.1) is 18.8 Å². The van der Waals surface area contributed by atoms with Crippen LogP contribution in [0.1, 0.15) is 64.6 Å². The molecule has 40 heavy (non-hydrogen) atoms. The van der Waals surface area contributed by atoms with E-state index < -0.39 is 12.1 Å². The van der Waals surface area contributed by atoms with Crippen LogP contribution < -0.4 is 10.2 Å². The molecule has 9 nitrogen and oxygen atoms in total. The van der Waals surface area contributed by atoms with Crippen LogP contribution in [0.25, 0.3) is 0 Å². The zero-order valence-corrected chi connectivity index (χ0v) is 24.6. The van der Waals surface area contributed by atoms with Crippen molar-refractivity contribution in [1.29, 1.82) is 5.26 Å². The average molecular weight is 550 g/mol. The zero-order valence-electron chi connectivity index (χ0n) is 24.6. The summed E-state index contributed by atoms with van der Waals surface area (Å²) in [6, 6.07) is 11.6. The Morgan fingerprint density at radius 1 is 1.23 bits per heavy atom. The van der Waals surface area contributed by atoms with Gasteiger partial charge in [-0.2, -0.15) is 5.26 Å². The number of nitrogens with zero attached hydrogens (tertiary/aromatic N) is 4. The Hall–Kier alpha value is -3.48. The summed E-state index contributed by atoms with van der Waals surface area (Å²) in [4.78, 5) is 31.4. The predicted molar refractivity (Wildman–Crippen MR) is 155 cm³/mol. The molecule has 2 saturated heterocycles. The smallest absolute Gasteiger partial charge is 0.247 e. The van der Waals surface area contributed by atoms with Gasteiger partial charge >= 0.3 is 0 Å². The molecule has 4 rings (SSSR count). The van der Waals surface area contributed by atoms with E-state index in [1.807, 2.05) is 44.1 Å². The first-order chi connectivity index (χ1) is 18.9. The van der Waals surface area contributed by atoms with Crippen LogP contribution in [0.2, 0.25) is 0 Å². The molecule has 216 valence electrons. The molecule has 1 aromatic carbocycles. The minimum Gasteiger partial charge on any atom is -0.381 e. The Labute approximate surface area is 238 Å². The quantitative estimate of drug-likeness (QED) is 0.426. The van der Waals surface area contributed by atoms with E-state index in [2.05, 4.69) is 55.3 Å². The van der Waals surface area contributed by atoms with Crippen LogP contribution in [-0.4, -0.2) is 73.2 Å². The number of likely N-dealkylation sites (N-methyl/N-ethyl adjacent to an activating group) is 1. The number of aromatic nitrogens is 1. The van der Waals surface area contributed by atoms with Crippen molar-refractivity contribution in [3.05, 3.63) is 59.9 Å². The maximum atomic E-state index is 13.2. The van der Waals surface area contributed by atoms with E-state index >= 15 is 0 Å². The Kier molecular flexibility index (Phi) is 10.7. The largest absolute Gasteiger partial charge is 0.381 e. The molecule has 0 bridgehead atoms. The zero-order chi connectivity index (χ0) is 29.3. The minimum atomic E-state index is -0.433. The molecule has 0 spiro atoms. The van der Waals surface area contributed by atoms with Gasteiger partial charge in [-0.25, -0.2) is 0 Å². The Bertz CT molecular complexity index is 1140. The molecule has 2 aliphatic heterocycles. The molecule has 3 heterocycles. The monoisotopic (exact) mass is 549 g/mol. The summed E-state index contributed by atoms with van der Waals surface area (Å²) in [5, 5.41) is 11.9. The van der Waals surface area contributed by atoms with Crippen molar-refractivity contribution >= 4 is 17.9 Å². The van der Waals surface area contributed by atoms with Gasteiger partial charge in [0.1, 0.15) is 18.4 Å². The number of nitrogens with one attached hydrogen (secondary N) is 1. The molecule has 2 unspecified atom stereocenters. The van der Waals surface area contributed by atoms with Gasteiger partial charge in [-0.15, -0.1) is 0 Å². The van der Waals surface area contributed by atoms with Gasteiger partial charge in [0.15, 0.2) is 6.19 Å². The number of carbonyl (C=O) groups excluding carboxylic acids is 2. The van der Waals surface area contributed by atoms with Gasteiger partial charge in [0, 0.05) is 49.9 Å². The van der Waals surface area contributed by atoms with Gasteiger partial charge in [-0.05, 0) is 55.9 Å². The van der Waals surface area contributed by atoms with Crippen LogP contribution in [0.15, 0.2) is 48.8 Å². The summed E-state index contributed by atoms with van der Waals surface area (Å²) >= 11 is 0. The van der Waals surface area contributed by atoms with Gasteiger partial charge in [0.25, 0.3) is 0 Å². The molecule has 2 fully saturated rings. The highest BCUT2D eigenvalue weighted by molar-refractivity contribution is 5.86. The fourth-order valence-electron chi connectivity index (χ4n) is 4.75. The number of anilines is 1. The van der Waals surface area contributed by atoms with Crippen LogP contribution >= 0.6 is 0 Å². The molecule has 2 aliphatic rings. The van der Waals surface area contributed by atoms with Crippen molar-refractivity contribution in [3.8, 4) is 6.19 Å². The second kappa shape index (κ2) is 13.7. The number of amides is 1. The first-order valence-corrected chi connectivity index (χ1v) is 13.8. The summed E-state index contributed by atoms with van der Waals surface area (Å²) < 4.78 is 10.8. The molecule has 0 radical (unpaired) electrons. The summed E-state index contributed by atoms with van der Waals surface area (Å²) in [5.41, 5.74) is 2.93. The SMILES string of the molecule is CC1(C)CN(C#N)C(C=O)CO1.CN(c1ccc(C(C)(C)C)cc1)C(C(=O)NC1CCOCC1)c1cccnc1. The minimum absolute atomic E-state index is 0.00213. The van der Waals surface area contributed by atoms with Crippen LogP contribution in [0, 0.1) is 11.5 Å². The third kappa shape index (κ3) is 8.51. The number of hydrogen-bond acceptors (Lipinski definition) is 8. The Balaban J connectivity index is 0.000000307. The maximum Gasteiger partial charge on any atom is 0.247 e. The first kappa shape index (κ1) is 31.1. The van der Waals surface area contributed by atoms with E-state index in [4.69, 9.17) is 14.7 Å². The van der Waals surface area contributed by atoms with Crippen LogP contribution in [0.4, 0.5) is 5.69 Å². The van der Waals surface area contributed by atoms with Crippen molar-refractivity contribution in [2.24, 2.45) is 0 Å². The highest BCUT2D eigenvalue weighted by atomic mass is 16.5. The van der Waals surface area contributed by atoms with Gasteiger partial charge in [-0.3, -0.25) is 14.7 Å². The Morgan fingerprint density at radius 2 is 1.90 bits per heavy atom. The van der Waals surface area contributed by atoms with Crippen LogP contribution in [-0.2, 0) is 24.5 Å². The molecule has 2 aromatic rings. The van der Waals surface area contributed by atoms with Crippen LogP contribution in [0.5, 0.6) is 0 Å². The number of ether oxygens (including phenoxy) is 2. The fraction of sp³-hybridized carbons (Fsp3) is 0.548. The van der Waals surface area contributed by atoms with E-state index in [9.17, 15) is 9.59 Å². The number of carbonyl (C=O) groups is 2. The predicted octanol–water partition coefficient (Wildman–Crippen LogP) is 4.00. The lowest BCUT2D eigenvalue weighted by Gasteiger charge is -2.38. The maximum absolute atomic E-state index is 13.2. The van der Waals surface area contributed by atoms with Crippen LogP contribution in [0.3, 0.4) is 0 Å². The molecule has 2 atom stereocenters. The molecule has 1 aromatic heterocycles. The van der Waals surface area contributed by atoms with Crippen molar-refractivity contribution in [2.45, 2.75) is 76.6 Å². The Morgan fingerprint density at radius 3 is 2.45 bits per heavy atom. The van der Waals surface area contributed by atoms with Crippen molar-refractivity contribution < 1.29 is 19.1 Å². The third-order valence-electron chi connectivity index (χ3n) is 7.23. The standard InChI is InChI=1S/C23H31N3O2.C8H12N2O2/c1-23(2,3)18-7-9-20(10-8-18)26(4)21(17-6-5-13-24-16-17)22(27)25-19-11-14-28-15-12-19;1-8(2)5-10(6-9)7(3-11)4-12-8/h5-10,13,16,19,21H,11-12,14-15H2,1-4H3,(H,25,27);3,7H,4-5H2,1-2H3. The fourth-order valence-corrected chi connectivity index (χ4v) is 4.75. The lowest BCUT2D eigenvalue weighted by molar-refractivity contribution is -0.128. The molecule has 0 saturated carbocycles. The summed E-state index contributed by atoms with van der Waals surface area (Å²) in [6.45, 7) is 12.6. The number of pyridine rings is 1. The third-order valence-corrected chi connectivity index (χ3v) is 7.23. The first-order valence-electron chi connectivity index (χ1n) is 13.8. The lowest BCUT2D eigenvalue weighted by atomic mass is 9.87. The number of benzene rings is 1. The number of aldehydes is 1. The summed E-state index contributed by atoms with van der Waals surface area (Å²) in [6.07, 6.45) is 7.95. The summed E-state index contributed by atoms with van der Waals surface area (Å²) in [5.74, 6) is 0.00213. The van der Waals surface area contributed by atoms with E-state index in [0.717, 1.165) is 30.4 Å². The number of nitriles is 1. The topological polar surface area (TPSA) is 108 Å². The summed E-state index contributed by atoms with van der Waals surface area (Å²) in [7, 11) is 1.97. The van der Waals surface area contributed by atoms with Gasteiger partial charge < -0.3 is 24.5 Å². The van der Waals surface area contributed by atoms with E-state index in [-0.39, 0.29) is 23.0 Å². The highest BCUT2D eigenvalue weighted by Crippen LogP contribution is 2.29. The molecular formula is C31H43N5O4. The highest BCUT2D eigenvalue weighted by Gasteiger charge is 2.33. The van der Waals surface area contributed by atoms with E-state index in [1.165, 1.54) is 10.5 Å². The molecule has 9 heteroatoms. The van der Waals surface area contributed by atoms with Gasteiger partial charge in [-0.1, -0.05) is 39.0 Å². The average Bonchev–Trinajstić information content (AvgIpc) is 2.94. The second-order valence-corrected chi connectivity index (χ2v) is 12.0. The van der Waals surface area contributed by atoms with Crippen molar-refractivity contribution in [3.63, 3.8) is 0 Å². The number of morpholine rings is 1. The normalized spacial score (nSPS) is 19.8. The number of hydrogen-bond donors (Lipinski definition) is 1.